The highest BCUT2D eigenvalue weighted by atomic mass is 15.4. The molecule has 3 heteroatoms. The summed E-state index contributed by atoms with van der Waals surface area (Å²) in [5, 5.41) is 0. The van der Waals surface area contributed by atoms with Crippen molar-refractivity contribution in [1.29, 1.82) is 0 Å². The number of rotatable bonds is 2. The zero-order chi connectivity index (χ0) is 10.8. The molecule has 1 fully saturated rings. The maximum absolute atomic E-state index is 6.25. The third kappa shape index (κ3) is 2.04. The largest absolute Gasteiger partial charge is 0.323 e. The van der Waals surface area contributed by atoms with Crippen molar-refractivity contribution < 1.29 is 0 Å². The second-order valence-corrected chi connectivity index (χ2v) is 4.40. The maximum Gasteiger partial charge on any atom is 0.0467 e. The molecule has 2 rings (SSSR count). The molecule has 82 valence electrons. The van der Waals surface area contributed by atoms with Gasteiger partial charge in [-0.05, 0) is 18.4 Å². The lowest BCUT2D eigenvalue weighted by molar-refractivity contribution is 0.398. The van der Waals surface area contributed by atoms with Crippen LogP contribution in [0.5, 0.6) is 0 Å². The van der Waals surface area contributed by atoms with Crippen molar-refractivity contribution >= 4 is 0 Å². The smallest absolute Gasteiger partial charge is 0.0467 e. The van der Waals surface area contributed by atoms with Crippen LogP contribution in [0.15, 0.2) is 30.3 Å². The molecule has 0 spiro atoms. The van der Waals surface area contributed by atoms with Gasteiger partial charge >= 0.3 is 0 Å². The standard InChI is InChI=1S/C12H19N3/c1-8-9(2)14-15-12(8)11(13)10-6-4-3-5-7-10/h3-9,11-12,14-15H,13H2,1-2H3. The molecular weight excluding hydrogens is 186 g/mol. The number of hydrogen-bond acceptors (Lipinski definition) is 3. The summed E-state index contributed by atoms with van der Waals surface area (Å²) in [6.07, 6.45) is 0. The molecule has 0 bridgehead atoms. The summed E-state index contributed by atoms with van der Waals surface area (Å²) in [5.74, 6) is 0.542. The van der Waals surface area contributed by atoms with Gasteiger partial charge in [0.2, 0.25) is 0 Å². The van der Waals surface area contributed by atoms with Gasteiger partial charge in [0.15, 0.2) is 0 Å². The predicted molar refractivity (Wildman–Crippen MR) is 62.1 cm³/mol. The quantitative estimate of drug-likeness (QED) is 0.679. The molecule has 15 heavy (non-hydrogen) atoms. The van der Waals surface area contributed by atoms with E-state index in [0.29, 0.717) is 18.0 Å². The van der Waals surface area contributed by atoms with Crippen LogP contribution >= 0.6 is 0 Å². The van der Waals surface area contributed by atoms with Crippen LogP contribution in [0.25, 0.3) is 0 Å². The van der Waals surface area contributed by atoms with Crippen LogP contribution in [0.1, 0.15) is 25.5 Å². The lowest BCUT2D eigenvalue weighted by Crippen LogP contribution is -2.40. The minimum Gasteiger partial charge on any atom is -0.323 e. The molecular formula is C12H19N3. The molecule has 3 nitrogen and oxygen atoms in total. The molecule has 1 heterocycles. The normalized spacial score (nSPS) is 32.9. The van der Waals surface area contributed by atoms with E-state index < -0.39 is 0 Å². The number of hydrazine groups is 1. The van der Waals surface area contributed by atoms with E-state index in [1.807, 2.05) is 18.2 Å². The number of hydrogen-bond donors (Lipinski definition) is 3. The van der Waals surface area contributed by atoms with Gasteiger partial charge in [-0.1, -0.05) is 37.3 Å². The van der Waals surface area contributed by atoms with Crippen LogP contribution in [-0.4, -0.2) is 12.1 Å². The van der Waals surface area contributed by atoms with E-state index in [2.05, 4.69) is 36.8 Å². The van der Waals surface area contributed by atoms with Crippen molar-refractivity contribution in [1.82, 2.24) is 10.9 Å². The monoisotopic (exact) mass is 205 g/mol. The predicted octanol–water partition coefficient (Wildman–Crippen LogP) is 1.19. The van der Waals surface area contributed by atoms with Crippen molar-refractivity contribution in [2.24, 2.45) is 11.7 Å². The summed E-state index contributed by atoms with van der Waals surface area (Å²) in [5.41, 5.74) is 14.0. The molecule has 0 radical (unpaired) electrons. The van der Waals surface area contributed by atoms with Crippen molar-refractivity contribution in [3.05, 3.63) is 35.9 Å². The van der Waals surface area contributed by atoms with Crippen molar-refractivity contribution in [2.45, 2.75) is 32.0 Å². The second-order valence-electron chi connectivity index (χ2n) is 4.40. The Balaban J connectivity index is 2.12. The Morgan fingerprint density at radius 1 is 1.13 bits per heavy atom. The van der Waals surface area contributed by atoms with E-state index in [4.69, 9.17) is 5.73 Å². The topological polar surface area (TPSA) is 50.1 Å². The SMILES string of the molecule is CC1NNC(C(N)c2ccccc2)C1C. The fourth-order valence-corrected chi connectivity index (χ4v) is 2.10. The summed E-state index contributed by atoms with van der Waals surface area (Å²) in [7, 11) is 0. The molecule has 0 amide bonds. The molecule has 4 N–H and O–H groups in total. The second kappa shape index (κ2) is 4.31. The van der Waals surface area contributed by atoms with E-state index in [0.717, 1.165) is 0 Å². The van der Waals surface area contributed by atoms with E-state index in [-0.39, 0.29) is 6.04 Å². The van der Waals surface area contributed by atoms with Crippen LogP contribution < -0.4 is 16.6 Å². The summed E-state index contributed by atoms with van der Waals surface area (Å²) >= 11 is 0. The summed E-state index contributed by atoms with van der Waals surface area (Å²) < 4.78 is 0. The third-order valence-electron chi connectivity index (χ3n) is 3.40. The fraction of sp³-hybridized carbons (Fsp3) is 0.500. The molecule has 1 aliphatic heterocycles. The molecule has 0 aromatic heterocycles. The Morgan fingerprint density at radius 2 is 1.80 bits per heavy atom. The highest BCUT2D eigenvalue weighted by molar-refractivity contribution is 5.21. The van der Waals surface area contributed by atoms with Gasteiger partial charge in [0.1, 0.15) is 0 Å². The van der Waals surface area contributed by atoms with Crippen LogP contribution in [-0.2, 0) is 0 Å². The Labute approximate surface area is 91.0 Å². The number of nitrogens with one attached hydrogen (secondary N) is 2. The fourth-order valence-electron chi connectivity index (χ4n) is 2.10. The molecule has 4 unspecified atom stereocenters. The minimum atomic E-state index is 0.0543. The molecule has 0 aliphatic carbocycles. The Kier molecular flexibility index (Phi) is 3.05. The van der Waals surface area contributed by atoms with E-state index in [9.17, 15) is 0 Å². The van der Waals surface area contributed by atoms with Gasteiger partial charge < -0.3 is 5.73 Å². The zero-order valence-corrected chi connectivity index (χ0v) is 9.27. The first-order valence-electron chi connectivity index (χ1n) is 5.51. The van der Waals surface area contributed by atoms with Gasteiger partial charge in [-0.15, -0.1) is 0 Å². The van der Waals surface area contributed by atoms with E-state index in [1.165, 1.54) is 5.56 Å². The van der Waals surface area contributed by atoms with Crippen LogP contribution in [0, 0.1) is 5.92 Å². The van der Waals surface area contributed by atoms with Gasteiger partial charge in [-0.25, -0.2) is 0 Å². The summed E-state index contributed by atoms with van der Waals surface area (Å²) in [4.78, 5) is 0. The van der Waals surface area contributed by atoms with E-state index >= 15 is 0 Å². The van der Waals surface area contributed by atoms with Gasteiger partial charge in [-0.2, -0.15) is 0 Å². The summed E-state index contributed by atoms with van der Waals surface area (Å²) in [6.45, 7) is 4.40. The Morgan fingerprint density at radius 3 is 2.33 bits per heavy atom. The molecule has 1 aromatic carbocycles. The Hall–Kier alpha value is -0.900. The van der Waals surface area contributed by atoms with Crippen molar-refractivity contribution in [3.8, 4) is 0 Å². The van der Waals surface area contributed by atoms with Gasteiger partial charge in [-0.3, -0.25) is 10.9 Å². The first kappa shape index (κ1) is 10.6. The number of nitrogens with two attached hydrogens (primary N) is 1. The van der Waals surface area contributed by atoms with Gasteiger partial charge in [0, 0.05) is 18.1 Å². The lowest BCUT2D eigenvalue weighted by atomic mass is 9.89. The minimum absolute atomic E-state index is 0.0543. The highest BCUT2D eigenvalue weighted by Gasteiger charge is 2.33. The third-order valence-corrected chi connectivity index (χ3v) is 3.40. The molecule has 0 saturated carbocycles. The number of benzene rings is 1. The first-order chi connectivity index (χ1) is 7.20. The first-order valence-corrected chi connectivity index (χ1v) is 5.51. The molecule has 1 saturated heterocycles. The molecule has 1 aromatic rings. The van der Waals surface area contributed by atoms with E-state index in [1.54, 1.807) is 0 Å². The van der Waals surface area contributed by atoms with Crippen LogP contribution in [0.3, 0.4) is 0 Å². The van der Waals surface area contributed by atoms with Gasteiger partial charge in [0.05, 0.1) is 0 Å². The molecule has 4 atom stereocenters. The Bertz CT molecular complexity index is 312. The zero-order valence-electron chi connectivity index (χ0n) is 9.27. The average Bonchev–Trinajstić information content (AvgIpc) is 2.60. The van der Waals surface area contributed by atoms with Crippen LogP contribution in [0.2, 0.25) is 0 Å². The van der Waals surface area contributed by atoms with Crippen molar-refractivity contribution in [3.63, 3.8) is 0 Å². The van der Waals surface area contributed by atoms with Crippen molar-refractivity contribution in [2.75, 3.05) is 0 Å². The average molecular weight is 205 g/mol. The highest BCUT2D eigenvalue weighted by Crippen LogP contribution is 2.24. The van der Waals surface area contributed by atoms with Crippen LogP contribution in [0.4, 0.5) is 0 Å². The molecule has 1 aliphatic rings. The van der Waals surface area contributed by atoms with Gasteiger partial charge in [0.25, 0.3) is 0 Å². The summed E-state index contributed by atoms with van der Waals surface area (Å²) in [6, 6.07) is 11.1. The lowest BCUT2D eigenvalue weighted by Gasteiger charge is -2.23. The maximum atomic E-state index is 6.25.